The molecule has 1 aromatic rings. The number of benzene rings is 1. The van der Waals surface area contributed by atoms with Gasteiger partial charge in [-0.05, 0) is 31.4 Å². The molecule has 0 bridgehead atoms. The lowest BCUT2D eigenvalue weighted by atomic mass is 10.0. The lowest BCUT2D eigenvalue weighted by Gasteiger charge is -2.32. The molecule has 0 aliphatic carbocycles. The molecule has 1 atom stereocenters. The number of nitrogens with zero attached hydrogens (tertiary/aromatic N) is 1. The molecule has 1 amide bonds. The molecular formula is C15H22ClNO2. The summed E-state index contributed by atoms with van der Waals surface area (Å²) in [6.07, 6.45) is 0.824. The Labute approximate surface area is 120 Å². The lowest BCUT2D eigenvalue weighted by Crippen LogP contribution is -2.44. The zero-order chi connectivity index (χ0) is 14.4. The van der Waals surface area contributed by atoms with Crippen LogP contribution in [0.1, 0.15) is 24.5 Å². The minimum absolute atomic E-state index is 0.0102. The van der Waals surface area contributed by atoms with Crippen LogP contribution < -0.4 is 4.90 Å². The lowest BCUT2D eigenvalue weighted by molar-refractivity contribution is -0.117. The molecule has 0 aromatic heterocycles. The van der Waals surface area contributed by atoms with Gasteiger partial charge in [-0.25, -0.2) is 0 Å². The Bertz CT molecular complexity index is 414. The van der Waals surface area contributed by atoms with Crippen LogP contribution in [-0.4, -0.2) is 31.5 Å². The molecule has 0 fully saturated rings. The molecule has 1 rings (SSSR count). The first-order valence-electron chi connectivity index (χ1n) is 6.49. The minimum Gasteiger partial charge on any atom is -0.383 e. The zero-order valence-corrected chi connectivity index (χ0v) is 12.8. The Morgan fingerprint density at radius 1 is 1.37 bits per heavy atom. The summed E-state index contributed by atoms with van der Waals surface area (Å²) in [5.41, 5.74) is 3.11. The van der Waals surface area contributed by atoms with E-state index in [4.69, 9.17) is 16.3 Å². The normalized spacial score (nSPS) is 12.3. The summed E-state index contributed by atoms with van der Waals surface area (Å²) in [6, 6.07) is 6.03. The average molecular weight is 284 g/mol. The van der Waals surface area contributed by atoms with Crippen molar-refractivity contribution in [3.05, 3.63) is 29.3 Å². The first-order chi connectivity index (χ1) is 9.06. The number of hydrogen-bond acceptors (Lipinski definition) is 2. The highest BCUT2D eigenvalue weighted by Crippen LogP contribution is 2.27. The third-order valence-electron chi connectivity index (χ3n) is 3.26. The number of methoxy groups -OCH3 is 1. The second-order valence-electron chi connectivity index (χ2n) is 4.66. The second kappa shape index (κ2) is 7.51. The van der Waals surface area contributed by atoms with E-state index in [2.05, 4.69) is 0 Å². The summed E-state index contributed by atoms with van der Waals surface area (Å²) < 4.78 is 5.23. The van der Waals surface area contributed by atoms with Crippen LogP contribution in [0, 0.1) is 13.8 Å². The molecule has 0 saturated heterocycles. The van der Waals surface area contributed by atoms with Crippen molar-refractivity contribution >= 4 is 23.2 Å². The fourth-order valence-electron chi connectivity index (χ4n) is 2.33. The molecule has 1 unspecified atom stereocenters. The molecular weight excluding hydrogens is 262 g/mol. The van der Waals surface area contributed by atoms with E-state index in [1.807, 2.05) is 39.0 Å². The van der Waals surface area contributed by atoms with Crippen molar-refractivity contribution in [1.82, 2.24) is 0 Å². The highest BCUT2D eigenvalue weighted by atomic mass is 35.5. The number of amides is 1. The fraction of sp³-hybridized carbons (Fsp3) is 0.533. The van der Waals surface area contributed by atoms with Crippen molar-refractivity contribution in [2.24, 2.45) is 0 Å². The van der Waals surface area contributed by atoms with Crippen molar-refractivity contribution < 1.29 is 9.53 Å². The van der Waals surface area contributed by atoms with Gasteiger partial charge in [0.2, 0.25) is 5.91 Å². The van der Waals surface area contributed by atoms with Gasteiger partial charge in [-0.3, -0.25) is 4.79 Å². The third-order valence-corrected chi connectivity index (χ3v) is 3.49. The van der Waals surface area contributed by atoms with Crippen LogP contribution in [0.5, 0.6) is 0 Å². The number of carbonyl (C=O) groups is 1. The highest BCUT2D eigenvalue weighted by molar-refractivity contribution is 6.29. The molecule has 0 aliphatic rings. The van der Waals surface area contributed by atoms with E-state index in [0.717, 1.165) is 23.2 Å². The van der Waals surface area contributed by atoms with E-state index in [1.165, 1.54) is 0 Å². The van der Waals surface area contributed by atoms with Crippen LogP contribution in [0.3, 0.4) is 0 Å². The van der Waals surface area contributed by atoms with E-state index >= 15 is 0 Å². The van der Waals surface area contributed by atoms with Crippen LogP contribution in [0.25, 0.3) is 0 Å². The number of para-hydroxylation sites is 1. The van der Waals surface area contributed by atoms with Gasteiger partial charge in [0.05, 0.1) is 12.6 Å². The number of ether oxygens (including phenoxy) is 1. The van der Waals surface area contributed by atoms with Crippen molar-refractivity contribution in [2.75, 3.05) is 24.5 Å². The number of hydrogen-bond donors (Lipinski definition) is 0. The van der Waals surface area contributed by atoms with E-state index < -0.39 is 0 Å². The molecule has 3 nitrogen and oxygen atoms in total. The molecule has 19 heavy (non-hydrogen) atoms. The predicted octanol–water partition coefficient (Wildman–Crippen LogP) is 3.30. The molecule has 0 saturated carbocycles. The summed E-state index contributed by atoms with van der Waals surface area (Å²) >= 11 is 5.77. The van der Waals surface area contributed by atoms with Crippen molar-refractivity contribution in [1.29, 1.82) is 0 Å². The number of carbonyl (C=O) groups excluding carboxylic acids is 1. The van der Waals surface area contributed by atoms with Gasteiger partial charge in [-0.1, -0.05) is 25.1 Å². The van der Waals surface area contributed by atoms with Crippen molar-refractivity contribution in [3.63, 3.8) is 0 Å². The maximum atomic E-state index is 12.2. The maximum absolute atomic E-state index is 12.2. The van der Waals surface area contributed by atoms with Crippen LogP contribution in [-0.2, 0) is 9.53 Å². The SMILES string of the molecule is CCC(COC)N(C(=O)CCl)c1c(C)cccc1C. The highest BCUT2D eigenvalue weighted by Gasteiger charge is 2.25. The molecule has 0 aliphatic heterocycles. The Morgan fingerprint density at radius 3 is 2.37 bits per heavy atom. The second-order valence-corrected chi connectivity index (χ2v) is 4.92. The summed E-state index contributed by atoms with van der Waals surface area (Å²) in [7, 11) is 1.65. The first kappa shape index (κ1) is 16.0. The Balaban J connectivity index is 3.27. The molecule has 4 heteroatoms. The summed E-state index contributed by atoms with van der Waals surface area (Å²) in [5.74, 6) is -0.100. The standard InChI is InChI=1S/C15H22ClNO2/c1-5-13(10-19-4)17(14(18)9-16)15-11(2)7-6-8-12(15)3/h6-8,13H,5,9-10H2,1-4H3. The average Bonchev–Trinajstić information content (AvgIpc) is 2.40. The van der Waals surface area contributed by atoms with Gasteiger partial charge in [0.1, 0.15) is 5.88 Å². The zero-order valence-electron chi connectivity index (χ0n) is 12.1. The van der Waals surface area contributed by atoms with Crippen molar-refractivity contribution in [2.45, 2.75) is 33.2 Å². The van der Waals surface area contributed by atoms with Crippen LogP contribution in [0.4, 0.5) is 5.69 Å². The van der Waals surface area contributed by atoms with Gasteiger partial charge in [0.15, 0.2) is 0 Å². The molecule has 0 radical (unpaired) electrons. The van der Waals surface area contributed by atoms with Crippen LogP contribution in [0.15, 0.2) is 18.2 Å². The van der Waals surface area contributed by atoms with Crippen LogP contribution >= 0.6 is 11.6 Å². The summed E-state index contributed by atoms with van der Waals surface area (Å²) in [4.78, 5) is 14.0. The van der Waals surface area contributed by atoms with Gasteiger partial charge in [-0.2, -0.15) is 0 Å². The summed E-state index contributed by atoms with van der Waals surface area (Å²) in [5, 5.41) is 0. The Morgan fingerprint density at radius 2 is 1.95 bits per heavy atom. The van der Waals surface area contributed by atoms with Gasteiger partial charge >= 0.3 is 0 Å². The largest absolute Gasteiger partial charge is 0.383 e. The van der Waals surface area contributed by atoms with Crippen LogP contribution in [0.2, 0.25) is 0 Å². The smallest absolute Gasteiger partial charge is 0.242 e. The Hall–Kier alpha value is -1.06. The number of aryl methyl sites for hydroxylation is 2. The summed E-state index contributed by atoms with van der Waals surface area (Å²) in [6.45, 7) is 6.57. The number of rotatable bonds is 6. The van der Waals surface area contributed by atoms with Crippen molar-refractivity contribution in [3.8, 4) is 0 Å². The van der Waals surface area contributed by atoms with E-state index in [1.54, 1.807) is 12.0 Å². The first-order valence-corrected chi connectivity index (χ1v) is 7.03. The molecule has 0 heterocycles. The topological polar surface area (TPSA) is 29.5 Å². The molecule has 0 N–H and O–H groups in total. The predicted molar refractivity (Wildman–Crippen MR) is 80.1 cm³/mol. The van der Waals surface area contributed by atoms with E-state index in [0.29, 0.717) is 6.61 Å². The van der Waals surface area contributed by atoms with Gasteiger partial charge in [0, 0.05) is 12.8 Å². The number of anilines is 1. The molecule has 106 valence electrons. The monoisotopic (exact) mass is 283 g/mol. The third kappa shape index (κ3) is 3.71. The quantitative estimate of drug-likeness (QED) is 0.750. The van der Waals surface area contributed by atoms with E-state index in [-0.39, 0.29) is 17.8 Å². The van der Waals surface area contributed by atoms with Gasteiger partial charge < -0.3 is 9.64 Å². The van der Waals surface area contributed by atoms with E-state index in [9.17, 15) is 4.79 Å². The van der Waals surface area contributed by atoms with Gasteiger partial charge in [-0.15, -0.1) is 11.6 Å². The fourth-order valence-corrected chi connectivity index (χ4v) is 2.46. The minimum atomic E-state index is -0.0806. The number of alkyl halides is 1. The Kier molecular flexibility index (Phi) is 6.32. The molecule has 0 spiro atoms. The molecule has 1 aromatic carbocycles. The van der Waals surface area contributed by atoms with Gasteiger partial charge in [0.25, 0.3) is 0 Å². The maximum Gasteiger partial charge on any atom is 0.242 e. The number of halogens is 1.